The Morgan fingerprint density at radius 1 is 1.13 bits per heavy atom. The number of aromatic nitrogens is 3. The van der Waals surface area contributed by atoms with Gasteiger partial charge in [-0.2, -0.15) is 5.10 Å². The molecule has 1 unspecified atom stereocenters. The second kappa shape index (κ2) is 16.6. The molecule has 3 aromatic carbocycles. The van der Waals surface area contributed by atoms with Gasteiger partial charge in [0, 0.05) is 95.0 Å². The highest BCUT2D eigenvalue weighted by Gasteiger charge is 2.25. The maximum absolute atomic E-state index is 16.1. The lowest BCUT2D eigenvalue weighted by Gasteiger charge is -2.28. The summed E-state index contributed by atoms with van der Waals surface area (Å²) in [6.07, 6.45) is 6.78. The van der Waals surface area contributed by atoms with Crippen molar-refractivity contribution in [3.63, 3.8) is 0 Å². The van der Waals surface area contributed by atoms with Crippen molar-refractivity contribution in [1.82, 2.24) is 18.8 Å². The minimum atomic E-state index is -0.575. The van der Waals surface area contributed by atoms with Crippen LogP contribution in [-0.4, -0.2) is 44.6 Å². The number of esters is 1. The second-order valence-electron chi connectivity index (χ2n) is 13.3. The van der Waals surface area contributed by atoms with E-state index in [1.807, 2.05) is 59.2 Å². The van der Waals surface area contributed by atoms with E-state index in [2.05, 4.69) is 27.3 Å². The standard InChI is InChI=1S/C38H41F2IN6O3S2/c1-4-50-36(48)11-8-24-6-5-7-25(18-24)33-14-17-49-23-38(2,3)35(42)22-45(43)21-29-27-12-16-47(52-41)34(27)20-31(40)37(29)51-26-9-10-30(39)28(19-26)32-13-15-46(33)44-32/h5-7,9-10,12-13,15-16,18-20,22,33H,4,8,11,14,17,21,23,42-43H2,1-3H3/b35-22-. The van der Waals surface area contributed by atoms with Crippen LogP contribution >= 0.6 is 42.1 Å². The van der Waals surface area contributed by atoms with Crippen LogP contribution in [0.5, 0.6) is 0 Å². The zero-order valence-corrected chi connectivity index (χ0v) is 32.9. The first kappa shape index (κ1) is 38.2. The van der Waals surface area contributed by atoms with Gasteiger partial charge in [0.15, 0.2) is 0 Å². The molecule has 4 N–H and O–H groups in total. The number of hydrogen-bond acceptors (Lipinski definition) is 9. The Balaban J connectivity index is 1.42. The lowest BCUT2D eigenvalue weighted by molar-refractivity contribution is -0.143. The van der Waals surface area contributed by atoms with E-state index >= 15 is 8.78 Å². The molecule has 1 atom stereocenters. The first-order chi connectivity index (χ1) is 25.0. The number of nitrogens with two attached hydrogens (primary N) is 2. The van der Waals surface area contributed by atoms with Crippen LogP contribution in [-0.2, 0) is 27.2 Å². The SMILES string of the molecule is CCOC(=O)CCc1cccc(C2CCOCC(C)(C)/C(N)=C/N(N)Cc3c(c(F)cc4c3ccn4SI)Sc3ccc(F)c(c3)-c3ccn2n3)c1. The highest BCUT2D eigenvalue weighted by Crippen LogP contribution is 2.41. The van der Waals surface area contributed by atoms with Crippen molar-refractivity contribution in [2.75, 3.05) is 19.8 Å². The molecule has 4 bridgehead atoms. The second-order valence-corrected chi connectivity index (χ2v) is 16.1. The van der Waals surface area contributed by atoms with Crippen LogP contribution in [0.3, 0.4) is 0 Å². The molecular weight excluding hydrogens is 817 g/mol. The van der Waals surface area contributed by atoms with Gasteiger partial charge in [0.25, 0.3) is 0 Å². The summed E-state index contributed by atoms with van der Waals surface area (Å²) in [6, 6.07) is 17.8. The highest BCUT2D eigenvalue weighted by atomic mass is 127. The number of benzene rings is 3. The van der Waals surface area contributed by atoms with Gasteiger partial charge in [-0.25, -0.2) is 14.6 Å². The van der Waals surface area contributed by atoms with Crippen LogP contribution < -0.4 is 11.6 Å². The fourth-order valence-corrected chi connectivity index (χ4v) is 8.58. The molecular formula is C38H41F2IN6O3S2. The minimum Gasteiger partial charge on any atom is -0.466 e. The molecule has 5 aromatic rings. The van der Waals surface area contributed by atoms with E-state index in [1.165, 1.54) is 38.0 Å². The summed E-state index contributed by atoms with van der Waals surface area (Å²) in [4.78, 5) is 13.1. The van der Waals surface area contributed by atoms with Crippen molar-refractivity contribution in [2.45, 2.75) is 62.4 Å². The highest BCUT2D eigenvalue weighted by molar-refractivity contribution is 14.2. The third-order valence-electron chi connectivity index (χ3n) is 9.09. The van der Waals surface area contributed by atoms with E-state index < -0.39 is 17.0 Å². The van der Waals surface area contributed by atoms with Crippen molar-refractivity contribution in [1.29, 1.82) is 0 Å². The Morgan fingerprint density at radius 2 is 1.96 bits per heavy atom. The number of carbonyl (C=O) groups excluding carboxylic acids is 1. The molecule has 3 heterocycles. The van der Waals surface area contributed by atoms with Crippen molar-refractivity contribution in [2.24, 2.45) is 17.0 Å². The monoisotopic (exact) mass is 858 g/mol. The predicted molar refractivity (Wildman–Crippen MR) is 211 cm³/mol. The average Bonchev–Trinajstić information content (AvgIpc) is 3.77. The van der Waals surface area contributed by atoms with Crippen LogP contribution in [0.1, 0.15) is 56.3 Å². The third kappa shape index (κ3) is 8.62. The Hall–Kier alpha value is -3.57. The summed E-state index contributed by atoms with van der Waals surface area (Å²) in [5.41, 5.74) is 10.7. The summed E-state index contributed by atoms with van der Waals surface area (Å²) in [6.45, 7) is 6.97. The molecule has 0 spiro atoms. The van der Waals surface area contributed by atoms with Crippen LogP contribution in [0.15, 0.2) is 94.7 Å². The van der Waals surface area contributed by atoms with Gasteiger partial charge in [-0.1, -0.05) is 49.9 Å². The Morgan fingerprint density at radius 3 is 2.75 bits per heavy atom. The fourth-order valence-electron chi connectivity index (χ4n) is 6.21. The van der Waals surface area contributed by atoms with E-state index in [0.29, 0.717) is 65.0 Å². The van der Waals surface area contributed by atoms with Crippen LogP contribution in [0.25, 0.3) is 22.2 Å². The van der Waals surface area contributed by atoms with Gasteiger partial charge in [0.2, 0.25) is 0 Å². The first-order valence-electron chi connectivity index (χ1n) is 16.9. The van der Waals surface area contributed by atoms with Crippen LogP contribution in [0, 0.1) is 17.0 Å². The average molecular weight is 859 g/mol. The molecule has 6 rings (SSSR count). The molecule has 9 nitrogen and oxygen atoms in total. The molecule has 0 aliphatic carbocycles. The fraction of sp³-hybridized carbons (Fsp3) is 0.316. The molecule has 1 aliphatic rings. The molecule has 52 heavy (non-hydrogen) atoms. The number of hydrazine groups is 1. The molecule has 0 radical (unpaired) electrons. The zero-order valence-electron chi connectivity index (χ0n) is 29.2. The first-order valence-corrected chi connectivity index (χ1v) is 21.1. The number of hydrogen-bond donors (Lipinski definition) is 2. The summed E-state index contributed by atoms with van der Waals surface area (Å²) in [7, 11) is 1.44. The number of nitrogens with zero attached hydrogens (tertiary/aromatic N) is 4. The van der Waals surface area contributed by atoms with Crippen molar-refractivity contribution in [3.8, 4) is 11.3 Å². The van der Waals surface area contributed by atoms with E-state index in [1.54, 1.807) is 31.3 Å². The smallest absolute Gasteiger partial charge is 0.306 e. The molecule has 2 aromatic heterocycles. The van der Waals surface area contributed by atoms with Crippen LogP contribution in [0.4, 0.5) is 8.78 Å². The van der Waals surface area contributed by atoms with Crippen molar-refractivity contribution >= 4 is 59.0 Å². The number of aryl methyl sites for hydroxylation is 1. The summed E-state index contributed by atoms with van der Waals surface area (Å²) >= 11 is 3.38. The number of rotatable bonds is 6. The van der Waals surface area contributed by atoms with Gasteiger partial charge in [0.05, 0.1) is 41.9 Å². The van der Waals surface area contributed by atoms with E-state index in [-0.39, 0.29) is 25.0 Å². The molecule has 14 heteroatoms. The Labute approximate surface area is 322 Å². The molecule has 0 amide bonds. The van der Waals surface area contributed by atoms with Gasteiger partial charge in [-0.15, -0.1) is 0 Å². The third-order valence-corrected chi connectivity index (χ3v) is 12.0. The Kier molecular flexibility index (Phi) is 12.2. The summed E-state index contributed by atoms with van der Waals surface area (Å²) in [5, 5.41) is 7.21. The molecule has 0 saturated heterocycles. The number of halogens is 3. The normalized spacial score (nSPS) is 17.8. The minimum absolute atomic E-state index is 0.170. The summed E-state index contributed by atoms with van der Waals surface area (Å²) in [5.74, 6) is 5.48. The van der Waals surface area contributed by atoms with E-state index in [4.69, 9.17) is 26.1 Å². The van der Waals surface area contributed by atoms with Gasteiger partial charge in [0.1, 0.15) is 11.6 Å². The van der Waals surface area contributed by atoms with Gasteiger partial charge < -0.3 is 20.2 Å². The molecule has 1 aliphatic heterocycles. The lowest BCUT2D eigenvalue weighted by Crippen LogP contribution is -2.32. The number of fused-ring (bicyclic) bond motifs is 8. The van der Waals surface area contributed by atoms with Crippen molar-refractivity contribution < 1.29 is 23.0 Å². The zero-order chi connectivity index (χ0) is 37.0. The van der Waals surface area contributed by atoms with Gasteiger partial charge >= 0.3 is 5.97 Å². The van der Waals surface area contributed by atoms with E-state index in [9.17, 15) is 4.79 Å². The van der Waals surface area contributed by atoms with E-state index in [0.717, 1.165) is 22.0 Å². The molecule has 274 valence electrons. The topological polar surface area (TPSA) is 114 Å². The van der Waals surface area contributed by atoms with Gasteiger partial charge in [-0.05, 0) is 66.8 Å². The Bertz CT molecular complexity index is 2100. The quantitative estimate of drug-likeness (QED) is 0.0984. The number of carbonyl (C=O) groups is 1. The largest absolute Gasteiger partial charge is 0.466 e. The molecule has 0 saturated carbocycles. The lowest BCUT2D eigenvalue weighted by atomic mass is 9.91. The number of ether oxygens (including phenoxy) is 2. The predicted octanol–water partition coefficient (Wildman–Crippen LogP) is 8.79. The molecule has 0 fully saturated rings. The summed E-state index contributed by atoms with van der Waals surface area (Å²) < 4.78 is 46.7. The van der Waals surface area contributed by atoms with Crippen LogP contribution in [0.2, 0.25) is 0 Å². The maximum Gasteiger partial charge on any atom is 0.306 e. The van der Waals surface area contributed by atoms with Crippen molar-refractivity contribution in [3.05, 3.63) is 113 Å². The van der Waals surface area contributed by atoms with Gasteiger partial charge in [-0.3, -0.25) is 13.4 Å². The maximum atomic E-state index is 16.1.